The Hall–Kier alpha value is -3.59. The Bertz CT molecular complexity index is 911. The van der Waals surface area contributed by atoms with Crippen molar-refractivity contribution in [2.24, 2.45) is 5.73 Å². The van der Waals surface area contributed by atoms with Gasteiger partial charge >= 0.3 is 0 Å². The summed E-state index contributed by atoms with van der Waals surface area (Å²) < 4.78 is 5.31. The Labute approximate surface area is 151 Å². The first-order valence-corrected chi connectivity index (χ1v) is 7.91. The third-order valence-corrected chi connectivity index (χ3v) is 3.58. The zero-order valence-electron chi connectivity index (χ0n) is 14.6. The molecule has 0 saturated carbocycles. The summed E-state index contributed by atoms with van der Waals surface area (Å²) in [5, 5.41) is 12.1. The maximum absolute atomic E-state index is 12.4. The molecular weight excluding hydrogens is 330 g/mol. The van der Waals surface area contributed by atoms with E-state index >= 15 is 0 Å². The van der Waals surface area contributed by atoms with Crippen molar-refractivity contribution in [3.63, 3.8) is 0 Å². The molecule has 6 nitrogen and oxygen atoms in total. The number of carbonyl (C=O) groups is 2. The third kappa shape index (κ3) is 4.95. The fourth-order valence-corrected chi connectivity index (χ4v) is 2.33. The lowest BCUT2D eigenvalue weighted by molar-refractivity contribution is -0.120. The fraction of sp³-hybridized carbons (Fsp3) is 0.150. The average molecular weight is 349 g/mol. The second kappa shape index (κ2) is 8.49. The number of nitrogens with zero attached hydrogens (tertiary/aromatic N) is 1. The van der Waals surface area contributed by atoms with Gasteiger partial charge in [0.2, 0.25) is 0 Å². The lowest BCUT2D eigenvalue weighted by Gasteiger charge is -2.10. The van der Waals surface area contributed by atoms with E-state index in [0.717, 1.165) is 11.1 Å². The maximum atomic E-state index is 12.4. The number of rotatable bonds is 6. The topological polar surface area (TPSA) is 105 Å². The summed E-state index contributed by atoms with van der Waals surface area (Å²) in [6, 6.07) is 14.3. The highest BCUT2D eigenvalue weighted by Crippen LogP contribution is 2.22. The molecule has 0 bridgehead atoms. The molecule has 0 atom stereocenters. The van der Waals surface area contributed by atoms with Crippen LogP contribution in [0.3, 0.4) is 0 Å². The van der Waals surface area contributed by atoms with Crippen LogP contribution in [-0.2, 0) is 9.59 Å². The van der Waals surface area contributed by atoms with Crippen LogP contribution in [0, 0.1) is 25.2 Å². The highest BCUT2D eigenvalue weighted by atomic mass is 16.5. The number of para-hydroxylation sites is 1. The molecular formula is C20H19N3O3. The predicted octanol–water partition coefficient (Wildman–Crippen LogP) is 2.71. The van der Waals surface area contributed by atoms with E-state index in [1.807, 2.05) is 32.0 Å². The Morgan fingerprint density at radius 1 is 1.23 bits per heavy atom. The van der Waals surface area contributed by atoms with Gasteiger partial charge in [-0.05, 0) is 37.6 Å². The summed E-state index contributed by atoms with van der Waals surface area (Å²) in [4.78, 5) is 23.3. The third-order valence-electron chi connectivity index (χ3n) is 3.58. The second-order valence-electron chi connectivity index (χ2n) is 5.74. The highest BCUT2D eigenvalue weighted by Gasteiger charge is 2.12. The first-order valence-electron chi connectivity index (χ1n) is 7.91. The summed E-state index contributed by atoms with van der Waals surface area (Å²) in [5.41, 5.74) is 8.12. The van der Waals surface area contributed by atoms with E-state index in [-0.39, 0.29) is 12.2 Å². The van der Waals surface area contributed by atoms with Crippen LogP contribution in [0.1, 0.15) is 16.7 Å². The van der Waals surface area contributed by atoms with Crippen LogP contribution in [0.5, 0.6) is 5.75 Å². The molecule has 0 spiro atoms. The van der Waals surface area contributed by atoms with Crippen molar-refractivity contribution in [2.45, 2.75) is 13.8 Å². The van der Waals surface area contributed by atoms with Gasteiger partial charge in [0.1, 0.15) is 17.4 Å². The van der Waals surface area contributed by atoms with E-state index < -0.39 is 11.8 Å². The number of nitrogens with two attached hydrogens (primary N) is 1. The molecule has 0 aliphatic rings. The molecule has 2 aromatic rings. The zero-order chi connectivity index (χ0) is 19.1. The minimum Gasteiger partial charge on any atom is -0.483 e. The van der Waals surface area contributed by atoms with Gasteiger partial charge in [0, 0.05) is 11.3 Å². The van der Waals surface area contributed by atoms with Crippen LogP contribution in [-0.4, -0.2) is 18.4 Å². The monoisotopic (exact) mass is 349 g/mol. The Balaban J connectivity index is 2.26. The zero-order valence-corrected chi connectivity index (χ0v) is 14.6. The Kier molecular flexibility index (Phi) is 6.12. The van der Waals surface area contributed by atoms with Crippen molar-refractivity contribution < 1.29 is 14.3 Å². The molecule has 2 amide bonds. The van der Waals surface area contributed by atoms with Crippen LogP contribution in [0.2, 0.25) is 0 Å². The molecule has 0 saturated heterocycles. The minimum atomic E-state index is -0.614. The molecule has 0 unspecified atom stereocenters. The molecule has 2 rings (SSSR count). The van der Waals surface area contributed by atoms with Crippen molar-refractivity contribution in [1.29, 1.82) is 5.26 Å². The average Bonchev–Trinajstić information content (AvgIpc) is 2.60. The Morgan fingerprint density at radius 2 is 1.96 bits per heavy atom. The van der Waals surface area contributed by atoms with Crippen molar-refractivity contribution in [1.82, 2.24) is 0 Å². The molecule has 2 aromatic carbocycles. The number of hydrogen-bond donors (Lipinski definition) is 2. The van der Waals surface area contributed by atoms with Gasteiger partial charge < -0.3 is 15.8 Å². The first kappa shape index (κ1) is 18.7. The van der Waals surface area contributed by atoms with E-state index in [1.165, 1.54) is 6.08 Å². The molecule has 132 valence electrons. The second-order valence-corrected chi connectivity index (χ2v) is 5.74. The fourth-order valence-electron chi connectivity index (χ4n) is 2.33. The smallest absolute Gasteiger partial charge is 0.266 e. The van der Waals surface area contributed by atoms with E-state index in [4.69, 9.17) is 10.5 Å². The molecule has 26 heavy (non-hydrogen) atoms. The van der Waals surface area contributed by atoms with Gasteiger partial charge in [0.05, 0.1) is 0 Å². The molecule has 3 N–H and O–H groups in total. The quantitative estimate of drug-likeness (QED) is 0.618. The van der Waals surface area contributed by atoms with Gasteiger partial charge in [-0.1, -0.05) is 35.9 Å². The van der Waals surface area contributed by atoms with Crippen molar-refractivity contribution in [2.75, 3.05) is 11.9 Å². The Morgan fingerprint density at radius 3 is 2.62 bits per heavy atom. The SMILES string of the molecule is Cc1ccc(NC(=O)/C(C#N)=C/c2ccccc2OCC(N)=O)c(C)c1. The summed E-state index contributed by atoms with van der Waals surface area (Å²) in [5.74, 6) is -0.778. The molecule has 0 aliphatic heterocycles. The normalized spacial score (nSPS) is 10.7. The number of carbonyl (C=O) groups excluding carboxylic acids is 2. The molecule has 6 heteroatoms. The maximum Gasteiger partial charge on any atom is 0.266 e. The molecule has 0 radical (unpaired) electrons. The van der Waals surface area contributed by atoms with Gasteiger partial charge in [-0.15, -0.1) is 0 Å². The van der Waals surface area contributed by atoms with Gasteiger partial charge in [0.25, 0.3) is 11.8 Å². The number of ether oxygens (including phenoxy) is 1. The molecule has 0 aliphatic carbocycles. The van der Waals surface area contributed by atoms with Crippen molar-refractivity contribution in [3.8, 4) is 11.8 Å². The van der Waals surface area contributed by atoms with Gasteiger partial charge in [-0.25, -0.2) is 0 Å². The number of nitrogens with one attached hydrogen (secondary N) is 1. The van der Waals surface area contributed by atoms with Crippen molar-refractivity contribution >= 4 is 23.6 Å². The number of amides is 2. The number of primary amides is 1. The van der Waals surface area contributed by atoms with E-state index in [1.54, 1.807) is 30.3 Å². The minimum absolute atomic E-state index is 0.0832. The molecule has 0 heterocycles. The number of nitriles is 1. The van der Waals surface area contributed by atoms with Crippen molar-refractivity contribution in [3.05, 3.63) is 64.7 Å². The standard InChI is InChI=1S/C20H19N3O3/c1-13-7-8-17(14(2)9-13)23-20(25)16(11-21)10-15-5-3-4-6-18(15)26-12-19(22)24/h3-10H,12H2,1-2H3,(H2,22,24)(H,23,25)/b16-10+. The van der Waals surface area contributed by atoms with Crippen LogP contribution in [0.4, 0.5) is 5.69 Å². The van der Waals surface area contributed by atoms with Crippen LogP contribution in [0.25, 0.3) is 6.08 Å². The van der Waals surface area contributed by atoms with Gasteiger partial charge in [0.15, 0.2) is 6.61 Å². The van der Waals surface area contributed by atoms with Gasteiger partial charge in [-0.3, -0.25) is 9.59 Å². The molecule has 0 fully saturated rings. The summed E-state index contributed by atoms with van der Waals surface area (Å²) in [7, 11) is 0. The number of benzene rings is 2. The highest BCUT2D eigenvalue weighted by molar-refractivity contribution is 6.10. The summed E-state index contributed by atoms with van der Waals surface area (Å²) in [6.07, 6.45) is 1.41. The van der Waals surface area contributed by atoms with Gasteiger partial charge in [-0.2, -0.15) is 5.26 Å². The number of anilines is 1. The first-order chi connectivity index (χ1) is 12.4. The largest absolute Gasteiger partial charge is 0.483 e. The van der Waals surface area contributed by atoms with E-state index in [9.17, 15) is 14.9 Å². The molecule has 0 aromatic heterocycles. The summed E-state index contributed by atoms with van der Waals surface area (Å²) in [6.45, 7) is 3.55. The number of aryl methyl sites for hydroxylation is 2. The van der Waals surface area contributed by atoms with Crippen LogP contribution in [0.15, 0.2) is 48.0 Å². The van der Waals surface area contributed by atoms with Crippen LogP contribution >= 0.6 is 0 Å². The number of hydrogen-bond acceptors (Lipinski definition) is 4. The van der Waals surface area contributed by atoms with E-state index in [0.29, 0.717) is 17.0 Å². The lowest BCUT2D eigenvalue weighted by Crippen LogP contribution is -2.20. The lowest BCUT2D eigenvalue weighted by atomic mass is 10.1. The van der Waals surface area contributed by atoms with Crippen LogP contribution < -0.4 is 15.8 Å². The summed E-state index contributed by atoms with van der Waals surface area (Å²) >= 11 is 0. The van der Waals surface area contributed by atoms with E-state index in [2.05, 4.69) is 5.32 Å². The predicted molar refractivity (Wildman–Crippen MR) is 99.3 cm³/mol.